The van der Waals surface area contributed by atoms with Gasteiger partial charge in [-0.3, -0.25) is 0 Å². The maximum atomic E-state index is 12.8. The Labute approximate surface area is 261 Å². The summed E-state index contributed by atoms with van der Waals surface area (Å²) < 4.78 is 33.4. The second-order valence-corrected chi connectivity index (χ2v) is 10.4. The van der Waals surface area contributed by atoms with Gasteiger partial charge in [-0.2, -0.15) is 0 Å². The summed E-state index contributed by atoms with van der Waals surface area (Å²) in [6.07, 6.45) is -2.77. The lowest BCUT2D eigenvalue weighted by molar-refractivity contribution is -0.0287. The summed E-state index contributed by atoms with van der Waals surface area (Å²) >= 11 is 0. The molecule has 4 unspecified atom stereocenters. The fourth-order valence-electron chi connectivity index (χ4n) is 4.89. The number of esters is 4. The van der Waals surface area contributed by atoms with Crippen LogP contribution in [0.4, 0.5) is 0 Å². The van der Waals surface area contributed by atoms with Gasteiger partial charge in [0.2, 0.25) is 0 Å². The Hall–Kier alpha value is -5.72. The van der Waals surface area contributed by atoms with Gasteiger partial charge in [-0.25, -0.2) is 19.2 Å². The number of rotatable bonds is 8. The minimum absolute atomic E-state index is 0.0234. The smallest absolute Gasteiger partial charge is 0.343 e. The molecular weight excluding hydrogens is 600 g/mol. The Morgan fingerprint density at radius 2 is 0.783 bits per heavy atom. The second-order valence-electron chi connectivity index (χ2n) is 10.4. The second kappa shape index (κ2) is 13.1. The third-order valence-electron chi connectivity index (χ3n) is 7.29. The van der Waals surface area contributed by atoms with E-state index in [9.17, 15) is 29.4 Å². The van der Waals surface area contributed by atoms with Gasteiger partial charge in [0, 0.05) is 0 Å². The lowest BCUT2D eigenvalue weighted by Crippen LogP contribution is -2.36. The zero-order valence-corrected chi connectivity index (χ0v) is 23.9. The number of carbonyl (C=O) groups is 4. The van der Waals surface area contributed by atoms with Crippen LogP contribution in [0.5, 0.6) is 23.0 Å². The molecule has 2 fully saturated rings. The van der Waals surface area contributed by atoms with Crippen LogP contribution in [0.25, 0.3) is 0 Å². The highest BCUT2D eigenvalue weighted by Crippen LogP contribution is 2.32. The number of benzene rings is 4. The van der Waals surface area contributed by atoms with E-state index >= 15 is 0 Å². The molecule has 2 saturated heterocycles. The van der Waals surface area contributed by atoms with Crippen LogP contribution in [-0.4, -0.2) is 71.7 Å². The first-order chi connectivity index (χ1) is 22.2. The van der Waals surface area contributed by atoms with Gasteiger partial charge in [0.05, 0.1) is 35.5 Å². The Balaban J connectivity index is 0.985. The van der Waals surface area contributed by atoms with Crippen LogP contribution in [0, 0.1) is 0 Å². The van der Waals surface area contributed by atoms with Crippen molar-refractivity contribution in [3.05, 3.63) is 119 Å². The van der Waals surface area contributed by atoms with E-state index < -0.39 is 48.3 Å². The predicted octanol–water partition coefficient (Wildman–Crippen LogP) is 4.08. The molecule has 4 aromatic rings. The number of phenols is 2. The first-order valence-corrected chi connectivity index (χ1v) is 14.1. The number of carbonyl (C=O) groups excluding carboxylic acids is 4. The molecule has 2 heterocycles. The lowest BCUT2D eigenvalue weighted by atomic mass is 10.1. The van der Waals surface area contributed by atoms with Gasteiger partial charge in [-0.05, 0) is 97.1 Å². The molecule has 0 aliphatic carbocycles. The number of ether oxygens (including phenoxy) is 6. The highest BCUT2D eigenvalue weighted by Gasteiger charge is 2.51. The zero-order valence-electron chi connectivity index (χ0n) is 23.9. The third-order valence-corrected chi connectivity index (χ3v) is 7.29. The fraction of sp³-hybridized carbons (Fsp3) is 0.176. The summed E-state index contributed by atoms with van der Waals surface area (Å²) in [4.78, 5) is 50.2. The van der Waals surface area contributed by atoms with Crippen molar-refractivity contribution in [1.82, 2.24) is 0 Å². The molecule has 46 heavy (non-hydrogen) atoms. The topological polar surface area (TPSA) is 164 Å². The molecule has 0 saturated carbocycles. The van der Waals surface area contributed by atoms with Crippen molar-refractivity contribution in [1.29, 1.82) is 0 Å². The van der Waals surface area contributed by atoms with Crippen molar-refractivity contribution < 1.29 is 57.8 Å². The van der Waals surface area contributed by atoms with Crippen LogP contribution in [-0.2, 0) is 18.9 Å². The van der Waals surface area contributed by atoms with E-state index in [2.05, 4.69) is 0 Å². The fourth-order valence-corrected chi connectivity index (χ4v) is 4.89. The molecule has 0 bridgehead atoms. The van der Waals surface area contributed by atoms with Crippen molar-refractivity contribution in [2.75, 3.05) is 13.2 Å². The van der Waals surface area contributed by atoms with Crippen molar-refractivity contribution in [3.8, 4) is 23.0 Å². The molecule has 2 aliphatic rings. The van der Waals surface area contributed by atoms with Crippen LogP contribution in [0.15, 0.2) is 97.1 Å². The molecule has 0 spiro atoms. The minimum Gasteiger partial charge on any atom is -0.508 e. The van der Waals surface area contributed by atoms with E-state index in [1.54, 1.807) is 0 Å². The standard InChI is InChI=1S/C34H26O12/c35-23-9-1-19(2-10-23)31(37)43-25-13-5-21(6-14-25)33(39)45-27-17-41-30-28(18-42-29(27)30)46-34(40)22-7-15-26(16-8-22)44-32(38)20-3-11-24(36)12-4-20/h1-16,27-30,35-36H,17-18H2. The van der Waals surface area contributed by atoms with E-state index in [-0.39, 0.29) is 58.5 Å². The van der Waals surface area contributed by atoms with Gasteiger partial charge in [0.1, 0.15) is 35.2 Å². The van der Waals surface area contributed by atoms with Crippen LogP contribution >= 0.6 is 0 Å². The summed E-state index contributed by atoms with van der Waals surface area (Å²) in [6, 6.07) is 22.8. The number of hydrogen-bond acceptors (Lipinski definition) is 12. The van der Waals surface area contributed by atoms with Crippen LogP contribution in [0.3, 0.4) is 0 Å². The van der Waals surface area contributed by atoms with Crippen molar-refractivity contribution in [2.24, 2.45) is 0 Å². The van der Waals surface area contributed by atoms with E-state index in [4.69, 9.17) is 28.4 Å². The molecule has 234 valence electrons. The first-order valence-electron chi connectivity index (χ1n) is 14.1. The van der Waals surface area contributed by atoms with Gasteiger partial charge >= 0.3 is 23.9 Å². The first kappa shape index (κ1) is 30.3. The summed E-state index contributed by atoms with van der Waals surface area (Å²) in [5, 5.41) is 18.7. The van der Waals surface area contributed by atoms with E-state index in [0.717, 1.165) is 0 Å². The Morgan fingerprint density at radius 3 is 1.13 bits per heavy atom. The summed E-state index contributed by atoms with van der Waals surface area (Å²) in [5.74, 6) is -2.04. The minimum atomic E-state index is -0.740. The molecule has 6 rings (SSSR count). The molecule has 12 heteroatoms. The normalized spacial score (nSPS) is 19.9. The maximum Gasteiger partial charge on any atom is 0.343 e. The molecule has 0 aromatic heterocycles. The van der Waals surface area contributed by atoms with E-state index in [0.29, 0.717) is 0 Å². The highest BCUT2D eigenvalue weighted by molar-refractivity contribution is 5.93. The molecule has 4 atom stereocenters. The van der Waals surface area contributed by atoms with Crippen LogP contribution in [0.2, 0.25) is 0 Å². The summed E-state index contributed by atoms with van der Waals surface area (Å²) in [5.41, 5.74) is 0.930. The monoisotopic (exact) mass is 626 g/mol. The van der Waals surface area contributed by atoms with Crippen molar-refractivity contribution in [2.45, 2.75) is 24.4 Å². The molecule has 2 N–H and O–H groups in total. The Morgan fingerprint density at radius 1 is 0.478 bits per heavy atom. The molecular formula is C34H26O12. The largest absolute Gasteiger partial charge is 0.508 e. The quantitative estimate of drug-likeness (QED) is 0.213. The van der Waals surface area contributed by atoms with Gasteiger partial charge in [0.25, 0.3) is 0 Å². The average molecular weight is 627 g/mol. The van der Waals surface area contributed by atoms with Crippen LogP contribution < -0.4 is 9.47 Å². The molecule has 0 amide bonds. The van der Waals surface area contributed by atoms with Gasteiger partial charge < -0.3 is 38.6 Å². The van der Waals surface area contributed by atoms with E-state index in [1.165, 1.54) is 97.1 Å². The third kappa shape index (κ3) is 6.83. The number of phenolic OH excluding ortho intramolecular Hbond substituents is 2. The van der Waals surface area contributed by atoms with Gasteiger partial charge in [0.15, 0.2) is 12.2 Å². The zero-order chi connectivity index (χ0) is 32.2. The molecule has 2 aliphatic heterocycles. The van der Waals surface area contributed by atoms with Crippen molar-refractivity contribution >= 4 is 23.9 Å². The van der Waals surface area contributed by atoms with Crippen LogP contribution in [0.1, 0.15) is 41.4 Å². The number of hydrogen-bond donors (Lipinski definition) is 2. The maximum absolute atomic E-state index is 12.8. The SMILES string of the molecule is O=C(Oc1ccc(C(=O)OC2COC3C(OC(=O)c4ccc(OC(=O)c5ccc(O)cc5)cc4)COC23)cc1)c1ccc(O)cc1. The number of fused-ring (bicyclic) bond motifs is 1. The highest BCUT2D eigenvalue weighted by atomic mass is 16.7. The Kier molecular flexibility index (Phi) is 8.63. The van der Waals surface area contributed by atoms with Gasteiger partial charge in [-0.15, -0.1) is 0 Å². The molecule has 4 aromatic carbocycles. The van der Waals surface area contributed by atoms with Gasteiger partial charge in [-0.1, -0.05) is 0 Å². The molecule has 0 radical (unpaired) electrons. The summed E-state index contributed by atoms with van der Waals surface area (Å²) in [7, 11) is 0. The van der Waals surface area contributed by atoms with E-state index in [1.807, 2.05) is 0 Å². The summed E-state index contributed by atoms with van der Waals surface area (Å²) in [6.45, 7) is 0.0804. The van der Waals surface area contributed by atoms with Crippen molar-refractivity contribution in [3.63, 3.8) is 0 Å². The lowest BCUT2D eigenvalue weighted by Gasteiger charge is -2.17. The predicted molar refractivity (Wildman–Crippen MR) is 157 cm³/mol. The Bertz CT molecular complexity index is 1600. The molecule has 12 nitrogen and oxygen atoms in total. The average Bonchev–Trinajstić information content (AvgIpc) is 3.65. The number of aromatic hydroxyl groups is 2.